The molecule has 1 rings (SSSR count). The summed E-state index contributed by atoms with van der Waals surface area (Å²) in [4.78, 5) is 5.01. The fourth-order valence-corrected chi connectivity index (χ4v) is 1.80. The molecule has 0 aromatic rings. The van der Waals surface area contributed by atoms with Crippen molar-refractivity contribution in [2.45, 2.75) is 13.3 Å². The minimum Gasteiger partial charge on any atom is -0.354 e. The Morgan fingerprint density at radius 3 is 2.83 bits per heavy atom. The Kier molecular flexibility index (Phi) is 8.79. The molecule has 126 valence electrons. The van der Waals surface area contributed by atoms with Crippen LogP contribution >= 0.6 is 0 Å². The molecule has 0 aromatic carbocycles. The lowest BCUT2D eigenvalue weighted by Crippen LogP contribution is -2.23. The number of halogens is 3. The summed E-state index contributed by atoms with van der Waals surface area (Å²) < 4.78 is 41.0. The van der Waals surface area contributed by atoms with Gasteiger partial charge in [-0.05, 0) is 18.6 Å². The highest BCUT2D eigenvalue weighted by atomic mass is 19.2. The van der Waals surface area contributed by atoms with E-state index >= 15 is 0 Å². The van der Waals surface area contributed by atoms with Gasteiger partial charge in [-0.3, -0.25) is 0 Å². The van der Waals surface area contributed by atoms with E-state index in [1.165, 1.54) is 18.2 Å². The molecule has 1 aliphatic rings. The number of rotatable bonds is 9. The van der Waals surface area contributed by atoms with Crippen LogP contribution in [0.15, 0.2) is 71.7 Å². The summed E-state index contributed by atoms with van der Waals surface area (Å²) in [5.41, 5.74) is 3.06. The standard InChI is InChI=1S/C17H21F3N2O/c1-3-5-6-9-14(11-18)22-17-13(12-21-23-4-2)8-7-10-15(19)16(17)20/h3,5-9,21-22H,1,4,10-12H2,2H3/b6-5-,14-9+. The predicted octanol–water partition coefficient (Wildman–Crippen LogP) is 4.08. The van der Waals surface area contributed by atoms with Gasteiger partial charge in [0.1, 0.15) is 12.5 Å². The van der Waals surface area contributed by atoms with Crippen LogP contribution in [0.25, 0.3) is 0 Å². The summed E-state index contributed by atoms with van der Waals surface area (Å²) in [7, 11) is 0. The Morgan fingerprint density at radius 2 is 2.17 bits per heavy atom. The molecule has 0 unspecified atom stereocenters. The summed E-state index contributed by atoms with van der Waals surface area (Å²) >= 11 is 0. The van der Waals surface area contributed by atoms with Gasteiger partial charge in [-0.15, -0.1) is 0 Å². The summed E-state index contributed by atoms with van der Waals surface area (Å²) in [6, 6.07) is 0. The zero-order chi connectivity index (χ0) is 17.1. The zero-order valence-electron chi connectivity index (χ0n) is 13.0. The van der Waals surface area contributed by atoms with Crippen molar-refractivity contribution >= 4 is 0 Å². The largest absolute Gasteiger partial charge is 0.354 e. The smallest absolute Gasteiger partial charge is 0.178 e. The molecule has 0 spiro atoms. The lowest BCUT2D eigenvalue weighted by molar-refractivity contribution is 0.0574. The van der Waals surface area contributed by atoms with Gasteiger partial charge in [0.15, 0.2) is 5.83 Å². The molecule has 0 heterocycles. The summed E-state index contributed by atoms with van der Waals surface area (Å²) in [6.07, 6.45) is 9.04. The third-order valence-electron chi connectivity index (χ3n) is 2.88. The SMILES string of the molecule is C=C/C=C\C=C(/CF)NC1=C(CNOCC)C=CCC(F)=C1F. The van der Waals surface area contributed by atoms with Crippen LogP contribution in [0, 0.1) is 0 Å². The monoisotopic (exact) mass is 326 g/mol. The van der Waals surface area contributed by atoms with Crippen LogP contribution in [-0.2, 0) is 4.84 Å². The summed E-state index contributed by atoms with van der Waals surface area (Å²) in [5, 5.41) is 2.62. The molecule has 2 N–H and O–H groups in total. The highest BCUT2D eigenvalue weighted by molar-refractivity contribution is 5.42. The minimum absolute atomic E-state index is 0.102. The maximum Gasteiger partial charge on any atom is 0.178 e. The van der Waals surface area contributed by atoms with Crippen molar-refractivity contribution < 1.29 is 18.0 Å². The van der Waals surface area contributed by atoms with E-state index in [1.807, 2.05) is 0 Å². The molecule has 23 heavy (non-hydrogen) atoms. The van der Waals surface area contributed by atoms with E-state index < -0.39 is 18.3 Å². The summed E-state index contributed by atoms with van der Waals surface area (Å²) in [6.45, 7) is 5.01. The van der Waals surface area contributed by atoms with Crippen molar-refractivity contribution in [1.82, 2.24) is 10.8 Å². The molecule has 0 atom stereocenters. The highest BCUT2D eigenvalue weighted by Crippen LogP contribution is 2.26. The fourth-order valence-electron chi connectivity index (χ4n) is 1.80. The van der Waals surface area contributed by atoms with Crippen molar-refractivity contribution in [3.63, 3.8) is 0 Å². The van der Waals surface area contributed by atoms with Gasteiger partial charge in [-0.25, -0.2) is 13.2 Å². The van der Waals surface area contributed by atoms with Crippen molar-refractivity contribution in [1.29, 1.82) is 0 Å². The van der Waals surface area contributed by atoms with Crippen LogP contribution in [0.4, 0.5) is 13.2 Å². The highest BCUT2D eigenvalue weighted by Gasteiger charge is 2.18. The minimum atomic E-state index is -1.03. The topological polar surface area (TPSA) is 33.3 Å². The number of nitrogens with one attached hydrogen (secondary N) is 2. The molecule has 0 radical (unpaired) electrons. The molecule has 6 heteroatoms. The van der Waals surface area contributed by atoms with Crippen molar-refractivity contribution in [2.24, 2.45) is 0 Å². The summed E-state index contributed by atoms with van der Waals surface area (Å²) in [5.74, 6) is -1.94. The number of hydroxylamine groups is 1. The Morgan fingerprint density at radius 1 is 1.39 bits per heavy atom. The third kappa shape index (κ3) is 6.30. The first kappa shape index (κ1) is 19.0. The van der Waals surface area contributed by atoms with Crippen LogP contribution in [0.5, 0.6) is 0 Å². The van der Waals surface area contributed by atoms with Crippen LogP contribution in [0.2, 0.25) is 0 Å². The Labute approximate surface area is 134 Å². The van der Waals surface area contributed by atoms with Crippen molar-refractivity contribution in [3.8, 4) is 0 Å². The average Bonchev–Trinajstić information content (AvgIpc) is 2.68. The first-order valence-corrected chi connectivity index (χ1v) is 7.24. The van der Waals surface area contributed by atoms with Crippen molar-refractivity contribution in [2.75, 3.05) is 19.8 Å². The number of allylic oxidation sites excluding steroid dienone is 8. The maximum absolute atomic E-state index is 14.2. The van der Waals surface area contributed by atoms with Gasteiger partial charge in [-0.2, -0.15) is 5.48 Å². The Bertz CT molecular complexity index is 560. The number of hydrogen-bond donors (Lipinski definition) is 2. The number of hydrogen-bond acceptors (Lipinski definition) is 3. The second kappa shape index (κ2) is 10.6. The van der Waals surface area contributed by atoms with Gasteiger partial charge >= 0.3 is 0 Å². The molecule has 3 nitrogen and oxygen atoms in total. The maximum atomic E-state index is 14.2. The van der Waals surface area contributed by atoms with Crippen LogP contribution in [0.1, 0.15) is 13.3 Å². The lowest BCUT2D eigenvalue weighted by Gasteiger charge is -2.15. The molecule has 0 bridgehead atoms. The molecular weight excluding hydrogens is 305 g/mol. The Balaban J connectivity index is 3.10. The zero-order valence-corrected chi connectivity index (χ0v) is 13.0. The van der Waals surface area contributed by atoms with E-state index in [9.17, 15) is 13.2 Å². The van der Waals surface area contributed by atoms with Gasteiger partial charge in [0.05, 0.1) is 12.3 Å². The molecule has 0 aromatic heterocycles. The predicted molar refractivity (Wildman–Crippen MR) is 86.2 cm³/mol. The van der Waals surface area contributed by atoms with Gasteiger partial charge in [0, 0.05) is 18.7 Å². The Hall–Kier alpha value is -2.05. The van der Waals surface area contributed by atoms with Gasteiger partial charge < -0.3 is 10.2 Å². The molecule has 0 saturated heterocycles. The van der Waals surface area contributed by atoms with E-state index in [0.717, 1.165) is 0 Å². The van der Waals surface area contributed by atoms with Gasteiger partial charge in [0.2, 0.25) is 0 Å². The van der Waals surface area contributed by atoms with E-state index in [1.54, 1.807) is 25.2 Å². The van der Waals surface area contributed by atoms with Crippen LogP contribution in [0.3, 0.4) is 0 Å². The normalized spacial score (nSPS) is 16.3. The van der Waals surface area contributed by atoms with E-state index in [0.29, 0.717) is 12.2 Å². The first-order chi connectivity index (χ1) is 11.1. The first-order valence-electron chi connectivity index (χ1n) is 7.24. The second-order valence-electron chi connectivity index (χ2n) is 4.55. The van der Waals surface area contributed by atoms with Gasteiger partial charge in [-0.1, -0.05) is 37.0 Å². The van der Waals surface area contributed by atoms with Crippen molar-refractivity contribution in [3.05, 3.63) is 71.7 Å². The van der Waals surface area contributed by atoms with E-state index in [-0.39, 0.29) is 24.4 Å². The molecule has 0 amide bonds. The van der Waals surface area contributed by atoms with Crippen LogP contribution in [-0.4, -0.2) is 19.8 Å². The quantitative estimate of drug-likeness (QED) is 0.380. The lowest BCUT2D eigenvalue weighted by atomic mass is 10.1. The molecular formula is C17H21F3N2O. The van der Waals surface area contributed by atoms with E-state index in [4.69, 9.17) is 4.84 Å². The fraction of sp³-hybridized carbons (Fsp3) is 0.294. The molecule has 0 fully saturated rings. The number of alkyl halides is 1. The second-order valence-corrected chi connectivity index (χ2v) is 4.55. The third-order valence-corrected chi connectivity index (χ3v) is 2.88. The van der Waals surface area contributed by atoms with Crippen LogP contribution < -0.4 is 10.8 Å². The molecule has 1 aliphatic carbocycles. The van der Waals surface area contributed by atoms with E-state index in [2.05, 4.69) is 17.4 Å². The molecule has 0 aliphatic heterocycles. The average molecular weight is 326 g/mol. The molecule has 0 saturated carbocycles. The van der Waals surface area contributed by atoms with Gasteiger partial charge in [0.25, 0.3) is 0 Å².